The molecule has 0 fully saturated rings. The number of benzene rings is 1. The molecular weight excluding hydrogens is 388 g/mol. The first-order chi connectivity index (χ1) is 13.9. The predicted molar refractivity (Wildman–Crippen MR) is 115 cm³/mol. The molecule has 0 bridgehead atoms. The number of rotatable bonds is 3. The van der Waals surface area contributed by atoms with E-state index in [1.54, 1.807) is 21.1 Å². The van der Waals surface area contributed by atoms with Crippen LogP contribution in [0.5, 0.6) is 11.5 Å². The number of fused-ring (bicyclic) bond motifs is 1. The molecule has 0 saturated carbocycles. The van der Waals surface area contributed by atoms with Gasteiger partial charge in [0.25, 0.3) is 0 Å². The average molecular weight is 413 g/mol. The molecule has 152 valence electrons. The number of carbonyl (C=O) groups is 1. The molecule has 1 atom stereocenters. The summed E-state index contributed by atoms with van der Waals surface area (Å²) in [6.07, 6.45) is 9.65. The number of hydrazone groups is 1. The quantitative estimate of drug-likeness (QED) is 0.584. The van der Waals surface area contributed by atoms with E-state index in [1.165, 1.54) is 11.1 Å². The Hall–Kier alpha value is -2.87. The summed E-state index contributed by atoms with van der Waals surface area (Å²) in [4.78, 5) is 14.3. The highest BCUT2D eigenvalue weighted by Crippen LogP contribution is 2.58. The van der Waals surface area contributed by atoms with Crippen LogP contribution in [0.1, 0.15) is 36.1 Å². The van der Waals surface area contributed by atoms with Crippen LogP contribution in [0.4, 0.5) is 0 Å². The van der Waals surface area contributed by atoms with Gasteiger partial charge in [0, 0.05) is 24.4 Å². The fraction of sp³-hybridized carbons (Fsp3) is 0.381. The minimum Gasteiger partial charge on any atom is -0.493 e. The summed E-state index contributed by atoms with van der Waals surface area (Å²) in [5.41, 5.74) is 11.8. The standard InChI is InChI=1S/C21H24N4O3S/c1-12(26)25-9-6-13-10-16(27-2)19(28-3)18-17(13)15(25)11-21(18)7-4-14(5-8-21)23-24-20(22)29/h4-5,7-8,10,15H,6,9,11H2,1-3H3,(H3,22,24,29)/t15-,21?/m1/s1. The summed E-state index contributed by atoms with van der Waals surface area (Å²) in [7, 11) is 3.31. The molecule has 1 aromatic rings. The normalized spacial score (nSPS) is 23.8. The van der Waals surface area contributed by atoms with E-state index in [1.807, 2.05) is 17.1 Å². The number of hydrogen-bond acceptors (Lipinski definition) is 5. The minimum atomic E-state index is -0.408. The summed E-state index contributed by atoms with van der Waals surface area (Å²) in [6.45, 7) is 2.34. The van der Waals surface area contributed by atoms with Crippen molar-refractivity contribution in [2.75, 3.05) is 20.8 Å². The Labute approximate surface area is 175 Å². The molecule has 0 aromatic heterocycles. The van der Waals surface area contributed by atoms with Crippen LogP contribution < -0.4 is 20.6 Å². The van der Waals surface area contributed by atoms with Crippen LogP contribution in [0.25, 0.3) is 0 Å². The molecule has 3 aliphatic rings. The van der Waals surface area contributed by atoms with Crippen LogP contribution in [-0.4, -0.2) is 42.4 Å². The highest BCUT2D eigenvalue weighted by atomic mass is 32.1. The molecule has 4 rings (SSSR count). The van der Waals surface area contributed by atoms with Gasteiger partial charge in [0.05, 0.1) is 26.0 Å². The maximum Gasteiger partial charge on any atom is 0.219 e. The number of methoxy groups -OCH3 is 2. The summed E-state index contributed by atoms with van der Waals surface area (Å²) in [6, 6.07) is 2.06. The Balaban J connectivity index is 1.87. The zero-order valence-electron chi connectivity index (χ0n) is 16.7. The Morgan fingerprint density at radius 2 is 2.07 bits per heavy atom. The molecule has 1 aliphatic heterocycles. The van der Waals surface area contributed by atoms with E-state index in [9.17, 15) is 4.79 Å². The Morgan fingerprint density at radius 3 is 2.66 bits per heavy atom. The van der Waals surface area contributed by atoms with Gasteiger partial charge in [-0.1, -0.05) is 12.2 Å². The monoisotopic (exact) mass is 412 g/mol. The number of carbonyl (C=O) groups excluding carboxylic acids is 1. The third-order valence-electron chi connectivity index (χ3n) is 5.93. The first-order valence-corrected chi connectivity index (χ1v) is 9.88. The molecule has 1 aromatic carbocycles. The number of ether oxygens (including phenoxy) is 2. The maximum atomic E-state index is 12.3. The molecule has 1 heterocycles. The van der Waals surface area contributed by atoms with Crippen molar-refractivity contribution in [3.63, 3.8) is 0 Å². The fourth-order valence-corrected chi connectivity index (χ4v) is 4.80. The van der Waals surface area contributed by atoms with Gasteiger partial charge in [0.2, 0.25) is 5.91 Å². The van der Waals surface area contributed by atoms with Gasteiger partial charge in [-0.15, -0.1) is 0 Å². The van der Waals surface area contributed by atoms with Crippen LogP contribution >= 0.6 is 12.2 Å². The van der Waals surface area contributed by atoms with Gasteiger partial charge in [-0.25, -0.2) is 0 Å². The van der Waals surface area contributed by atoms with E-state index in [-0.39, 0.29) is 17.1 Å². The van der Waals surface area contributed by atoms with Crippen molar-refractivity contribution >= 4 is 28.9 Å². The molecule has 0 saturated heterocycles. The Kier molecular flexibility index (Phi) is 4.82. The molecule has 1 spiro atoms. The fourth-order valence-electron chi connectivity index (χ4n) is 4.75. The molecule has 0 unspecified atom stereocenters. The van der Waals surface area contributed by atoms with Crippen LogP contribution in [0.3, 0.4) is 0 Å². The average Bonchev–Trinajstić information content (AvgIpc) is 3.03. The molecule has 3 N–H and O–H groups in total. The minimum absolute atomic E-state index is 0.00795. The third kappa shape index (κ3) is 3.07. The van der Waals surface area contributed by atoms with E-state index >= 15 is 0 Å². The molecule has 2 aliphatic carbocycles. The van der Waals surface area contributed by atoms with Gasteiger partial charge < -0.3 is 20.1 Å². The summed E-state index contributed by atoms with van der Waals surface area (Å²) < 4.78 is 11.4. The lowest BCUT2D eigenvalue weighted by atomic mass is 9.77. The van der Waals surface area contributed by atoms with E-state index in [4.69, 9.17) is 27.4 Å². The second-order valence-electron chi connectivity index (χ2n) is 7.46. The van der Waals surface area contributed by atoms with Crippen molar-refractivity contribution in [3.8, 4) is 11.5 Å². The van der Waals surface area contributed by atoms with Crippen molar-refractivity contribution in [2.45, 2.75) is 31.2 Å². The van der Waals surface area contributed by atoms with Gasteiger partial charge in [-0.2, -0.15) is 5.10 Å². The Morgan fingerprint density at radius 1 is 1.34 bits per heavy atom. The zero-order valence-corrected chi connectivity index (χ0v) is 17.5. The van der Waals surface area contributed by atoms with Crippen molar-refractivity contribution in [2.24, 2.45) is 10.8 Å². The van der Waals surface area contributed by atoms with Crippen molar-refractivity contribution in [1.29, 1.82) is 0 Å². The van der Waals surface area contributed by atoms with Gasteiger partial charge in [0.1, 0.15) is 0 Å². The SMILES string of the molecule is COc1cc2c3c(c1OC)C1(C=CC(=NNC(N)=S)C=C1)C[C@H]3N(C(C)=O)CC2. The topological polar surface area (TPSA) is 89.2 Å². The molecule has 8 heteroatoms. The van der Waals surface area contributed by atoms with E-state index in [0.29, 0.717) is 18.0 Å². The van der Waals surface area contributed by atoms with Crippen LogP contribution in [0, 0.1) is 0 Å². The predicted octanol–water partition coefficient (Wildman–Crippen LogP) is 2.11. The van der Waals surface area contributed by atoms with E-state index in [0.717, 1.165) is 24.2 Å². The largest absolute Gasteiger partial charge is 0.493 e. The summed E-state index contributed by atoms with van der Waals surface area (Å²) in [5.74, 6) is 1.52. The zero-order chi connectivity index (χ0) is 20.8. The Bertz CT molecular complexity index is 967. The van der Waals surface area contributed by atoms with Crippen LogP contribution in [0.2, 0.25) is 0 Å². The van der Waals surface area contributed by atoms with Gasteiger partial charge in [0.15, 0.2) is 16.6 Å². The summed E-state index contributed by atoms with van der Waals surface area (Å²) in [5, 5.41) is 4.30. The third-order valence-corrected chi connectivity index (χ3v) is 6.02. The highest BCUT2D eigenvalue weighted by Gasteiger charge is 2.49. The highest BCUT2D eigenvalue weighted by molar-refractivity contribution is 7.80. The maximum absolute atomic E-state index is 12.3. The van der Waals surface area contributed by atoms with Crippen LogP contribution in [0.15, 0.2) is 35.5 Å². The van der Waals surface area contributed by atoms with Crippen molar-refractivity contribution < 1.29 is 14.3 Å². The number of nitrogens with one attached hydrogen (secondary N) is 1. The molecule has 0 radical (unpaired) electrons. The van der Waals surface area contributed by atoms with Crippen molar-refractivity contribution in [3.05, 3.63) is 47.1 Å². The number of amides is 1. The van der Waals surface area contributed by atoms with Gasteiger partial charge in [-0.3, -0.25) is 10.2 Å². The lowest BCUT2D eigenvalue weighted by Gasteiger charge is -2.35. The van der Waals surface area contributed by atoms with Crippen LogP contribution in [-0.2, 0) is 16.6 Å². The molecule has 29 heavy (non-hydrogen) atoms. The van der Waals surface area contributed by atoms with E-state index in [2.05, 4.69) is 28.7 Å². The second-order valence-corrected chi connectivity index (χ2v) is 7.90. The second kappa shape index (κ2) is 7.18. The number of hydrogen-bond donors (Lipinski definition) is 2. The molecular formula is C21H24N4O3S. The first-order valence-electron chi connectivity index (χ1n) is 9.47. The molecule has 1 amide bonds. The number of nitrogens with two attached hydrogens (primary N) is 1. The summed E-state index contributed by atoms with van der Waals surface area (Å²) >= 11 is 4.81. The van der Waals surface area contributed by atoms with Gasteiger partial charge in [-0.05, 0) is 54.4 Å². The van der Waals surface area contributed by atoms with E-state index < -0.39 is 5.41 Å². The van der Waals surface area contributed by atoms with Crippen molar-refractivity contribution in [1.82, 2.24) is 10.3 Å². The lowest BCUT2D eigenvalue weighted by molar-refractivity contribution is -0.131. The smallest absolute Gasteiger partial charge is 0.219 e. The first kappa shape index (κ1) is 19.4. The number of thiocarbonyl (C=S) groups is 1. The number of nitrogens with zero attached hydrogens (tertiary/aromatic N) is 2. The lowest BCUT2D eigenvalue weighted by Crippen LogP contribution is -2.38. The molecule has 7 nitrogen and oxygen atoms in total. The van der Waals surface area contributed by atoms with Gasteiger partial charge >= 0.3 is 0 Å². The number of allylic oxidation sites excluding steroid dienone is 4.